The molecule has 0 aliphatic rings. The summed E-state index contributed by atoms with van der Waals surface area (Å²) in [7, 11) is 0. The van der Waals surface area contributed by atoms with E-state index in [2.05, 4.69) is 15.3 Å². The second-order valence-electron chi connectivity index (χ2n) is 5.73. The molecule has 3 aromatic rings. The number of nitrogen functional groups attached to an aromatic ring is 2. The highest BCUT2D eigenvalue weighted by Crippen LogP contribution is 2.23. The number of nitrogens with one attached hydrogen (secondary N) is 2. The van der Waals surface area contributed by atoms with Crippen LogP contribution in [0.3, 0.4) is 0 Å². The predicted octanol–water partition coefficient (Wildman–Crippen LogP) is 2.62. The number of nitrogens with two attached hydrogens (primary N) is 2. The first kappa shape index (κ1) is 17.1. The van der Waals surface area contributed by atoms with Gasteiger partial charge in [0.05, 0.1) is 11.3 Å². The van der Waals surface area contributed by atoms with Crippen molar-refractivity contribution in [3.05, 3.63) is 77.1 Å². The van der Waals surface area contributed by atoms with Crippen molar-refractivity contribution in [3.63, 3.8) is 0 Å². The molecule has 0 bridgehead atoms. The quantitative estimate of drug-likeness (QED) is 0.539. The van der Waals surface area contributed by atoms with Gasteiger partial charge in [0, 0.05) is 29.2 Å². The SMILES string of the molecule is Cc1cc(C(=O)Nc2ccccn2)ccc1C(=N)c1c(N)ccnc1N. The van der Waals surface area contributed by atoms with E-state index >= 15 is 0 Å². The van der Waals surface area contributed by atoms with Crippen LogP contribution in [0.2, 0.25) is 0 Å². The third-order valence-corrected chi connectivity index (χ3v) is 3.93. The maximum absolute atomic E-state index is 12.4. The minimum atomic E-state index is -0.273. The summed E-state index contributed by atoms with van der Waals surface area (Å²) in [6.45, 7) is 1.82. The molecule has 0 fully saturated rings. The van der Waals surface area contributed by atoms with E-state index in [9.17, 15) is 4.79 Å². The molecule has 2 aromatic heterocycles. The Labute approximate surface area is 150 Å². The fourth-order valence-electron chi connectivity index (χ4n) is 2.61. The van der Waals surface area contributed by atoms with Crippen molar-refractivity contribution in [1.82, 2.24) is 9.97 Å². The Bertz CT molecular complexity index is 964. The van der Waals surface area contributed by atoms with Crippen LogP contribution >= 0.6 is 0 Å². The smallest absolute Gasteiger partial charge is 0.256 e. The second-order valence-corrected chi connectivity index (χ2v) is 5.73. The molecule has 6 N–H and O–H groups in total. The normalized spacial score (nSPS) is 10.3. The van der Waals surface area contributed by atoms with E-state index in [1.165, 1.54) is 6.20 Å². The zero-order valence-electron chi connectivity index (χ0n) is 14.2. The largest absolute Gasteiger partial charge is 0.398 e. The van der Waals surface area contributed by atoms with Crippen LogP contribution in [0.1, 0.15) is 27.0 Å². The van der Waals surface area contributed by atoms with E-state index in [-0.39, 0.29) is 17.4 Å². The van der Waals surface area contributed by atoms with Crippen molar-refractivity contribution in [2.24, 2.45) is 0 Å². The van der Waals surface area contributed by atoms with Gasteiger partial charge in [0.25, 0.3) is 5.91 Å². The zero-order valence-corrected chi connectivity index (χ0v) is 14.2. The van der Waals surface area contributed by atoms with Crippen LogP contribution < -0.4 is 16.8 Å². The van der Waals surface area contributed by atoms with E-state index in [4.69, 9.17) is 16.9 Å². The summed E-state index contributed by atoms with van der Waals surface area (Å²) in [4.78, 5) is 20.4. The van der Waals surface area contributed by atoms with Crippen LogP contribution in [-0.2, 0) is 0 Å². The van der Waals surface area contributed by atoms with E-state index in [1.807, 2.05) is 6.92 Å². The first-order chi connectivity index (χ1) is 12.5. The number of hydrogen-bond donors (Lipinski definition) is 4. The van der Waals surface area contributed by atoms with Gasteiger partial charge in [0.15, 0.2) is 0 Å². The topological polar surface area (TPSA) is 131 Å². The molecule has 3 rings (SSSR count). The number of hydrogen-bond acceptors (Lipinski definition) is 6. The first-order valence-corrected chi connectivity index (χ1v) is 7.89. The third kappa shape index (κ3) is 3.36. The molecular formula is C19H18N6O. The number of pyridine rings is 2. The molecule has 2 heterocycles. The first-order valence-electron chi connectivity index (χ1n) is 7.89. The fraction of sp³-hybridized carbons (Fsp3) is 0.0526. The fourth-order valence-corrected chi connectivity index (χ4v) is 2.61. The van der Waals surface area contributed by atoms with Crippen molar-refractivity contribution in [3.8, 4) is 0 Å². The summed E-state index contributed by atoms with van der Waals surface area (Å²) in [6, 6.07) is 11.9. The number of aromatic nitrogens is 2. The van der Waals surface area contributed by atoms with Gasteiger partial charge in [-0.3, -0.25) is 10.2 Å². The Morgan fingerprint density at radius 2 is 1.88 bits per heavy atom. The Morgan fingerprint density at radius 3 is 2.54 bits per heavy atom. The van der Waals surface area contributed by atoms with Gasteiger partial charge in [0.1, 0.15) is 11.6 Å². The highest BCUT2D eigenvalue weighted by atomic mass is 16.1. The summed E-state index contributed by atoms with van der Waals surface area (Å²) < 4.78 is 0. The highest BCUT2D eigenvalue weighted by Gasteiger charge is 2.16. The van der Waals surface area contributed by atoms with Gasteiger partial charge in [-0.1, -0.05) is 12.1 Å². The molecule has 0 spiro atoms. The number of aryl methyl sites for hydroxylation is 1. The van der Waals surface area contributed by atoms with E-state index < -0.39 is 0 Å². The van der Waals surface area contributed by atoms with Gasteiger partial charge in [-0.15, -0.1) is 0 Å². The minimum Gasteiger partial charge on any atom is -0.398 e. The van der Waals surface area contributed by atoms with E-state index in [1.54, 1.807) is 48.7 Å². The lowest BCUT2D eigenvalue weighted by molar-refractivity contribution is 0.102. The second kappa shape index (κ2) is 7.02. The average molecular weight is 346 g/mol. The van der Waals surface area contributed by atoms with Crippen molar-refractivity contribution < 1.29 is 4.79 Å². The molecule has 7 heteroatoms. The number of anilines is 3. The molecule has 0 saturated carbocycles. The maximum atomic E-state index is 12.4. The molecule has 0 aliphatic carbocycles. The highest BCUT2D eigenvalue weighted by molar-refractivity contribution is 6.17. The van der Waals surface area contributed by atoms with Crippen LogP contribution in [-0.4, -0.2) is 21.6 Å². The van der Waals surface area contributed by atoms with Crippen LogP contribution in [0, 0.1) is 12.3 Å². The Kier molecular flexibility index (Phi) is 4.62. The zero-order chi connectivity index (χ0) is 18.7. The van der Waals surface area contributed by atoms with Crippen LogP contribution in [0.4, 0.5) is 17.3 Å². The number of benzene rings is 1. The lowest BCUT2D eigenvalue weighted by Gasteiger charge is -2.13. The third-order valence-electron chi connectivity index (χ3n) is 3.93. The standard InChI is InChI=1S/C19H18N6O/c1-11-10-12(19(26)25-15-4-2-3-8-23-15)5-6-13(11)17(21)16-14(20)7-9-24-18(16)22/h2-10,21H,1H3,(H4,20,22,24)(H,23,25,26). The van der Waals surface area contributed by atoms with Gasteiger partial charge in [-0.05, 0) is 42.8 Å². The molecule has 26 heavy (non-hydrogen) atoms. The Hall–Kier alpha value is -3.74. The predicted molar refractivity (Wildman–Crippen MR) is 102 cm³/mol. The molecule has 1 aromatic carbocycles. The number of carbonyl (C=O) groups is 1. The van der Waals surface area contributed by atoms with Gasteiger partial charge in [-0.25, -0.2) is 9.97 Å². The maximum Gasteiger partial charge on any atom is 0.256 e. The van der Waals surface area contributed by atoms with E-state index in [0.717, 1.165) is 5.56 Å². The van der Waals surface area contributed by atoms with Crippen LogP contribution in [0.5, 0.6) is 0 Å². The monoisotopic (exact) mass is 346 g/mol. The van der Waals surface area contributed by atoms with Crippen LogP contribution in [0.25, 0.3) is 0 Å². The van der Waals surface area contributed by atoms with Crippen molar-refractivity contribution in [1.29, 1.82) is 5.41 Å². The average Bonchev–Trinajstić information content (AvgIpc) is 2.62. The van der Waals surface area contributed by atoms with Gasteiger partial charge >= 0.3 is 0 Å². The summed E-state index contributed by atoms with van der Waals surface area (Å²) >= 11 is 0. The van der Waals surface area contributed by atoms with Gasteiger partial charge < -0.3 is 16.8 Å². The number of carbonyl (C=O) groups excluding carboxylic acids is 1. The molecular weight excluding hydrogens is 328 g/mol. The number of rotatable bonds is 4. The molecule has 0 radical (unpaired) electrons. The van der Waals surface area contributed by atoms with E-state index in [0.29, 0.717) is 28.2 Å². The minimum absolute atomic E-state index is 0.169. The van der Waals surface area contributed by atoms with Crippen LogP contribution in [0.15, 0.2) is 54.9 Å². The number of amides is 1. The Morgan fingerprint density at radius 1 is 1.08 bits per heavy atom. The lowest BCUT2D eigenvalue weighted by Crippen LogP contribution is -2.15. The lowest BCUT2D eigenvalue weighted by atomic mass is 9.96. The summed E-state index contributed by atoms with van der Waals surface area (Å²) in [6.07, 6.45) is 3.10. The van der Waals surface area contributed by atoms with Crippen molar-refractivity contribution in [2.75, 3.05) is 16.8 Å². The Balaban J connectivity index is 1.88. The molecule has 0 saturated heterocycles. The summed E-state index contributed by atoms with van der Waals surface area (Å²) in [5, 5.41) is 11.2. The van der Waals surface area contributed by atoms with Crippen molar-refractivity contribution in [2.45, 2.75) is 6.92 Å². The van der Waals surface area contributed by atoms with Gasteiger partial charge in [0.2, 0.25) is 0 Å². The summed E-state index contributed by atoms with van der Waals surface area (Å²) in [5.74, 6) is 0.402. The number of nitrogens with zero attached hydrogens (tertiary/aromatic N) is 2. The molecule has 0 unspecified atom stereocenters. The molecule has 130 valence electrons. The molecule has 0 atom stereocenters. The molecule has 7 nitrogen and oxygen atoms in total. The molecule has 1 amide bonds. The van der Waals surface area contributed by atoms with Crippen molar-refractivity contribution >= 4 is 28.9 Å². The van der Waals surface area contributed by atoms with Gasteiger partial charge in [-0.2, -0.15) is 0 Å². The summed E-state index contributed by atoms with van der Waals surface area (Å²) in [5.41, 5.74) is 14.6. The molecule has 0 aliphatic heterocycles.